The Balaban J connectivity index is 1.73. The summed E-state index contributed by atoms with van der Waals surface area (Å²) in [6.45, 7) is -0.244. The number of hydrogen-bond donors (Lipinski definition) is 1. The van der Waals surface area contributed by atoms with Gasteiger partial charge in [0.25, 0.3) is 5.56 Å². The molecule has 0 spiro atoms. The number of anilines is 1. The van der Waals surface area contributed by atoms with Crippen molar-refractivity contribution >= 4 is 27.5 Å². The third-order valence-corrected chi connectivity index (χ3v) is 4.30. The molecular weight excluding hydrogens is 439 g/mol. The van der Waals surface area contributed by atoms with Crippen molar-refractivity contribution in [3.8, 4) is 11.3 Å². The van der Waals surface area contributed by atoms with Gasteiger partial charge >= 0.3 is 6.18 Å². The van der Waals surface area contributed by atoms with Crippen LogP contribution in [0.2, 0.25) is 0 Å². The molecule has 5 nitrogen and oxygen atoms in total. The van der Waals surface area contributed by atoms with Crippen molar-refractivity contribution in [2.45, 2.75) is 12.7 Å². The second-order valence-electron chi connectivity index (χ2n) is 5.87. The first-order valence-electron chi connectivity index (χ1n) is 8.02. The van der Waals surface area contributed by atoms with Gasteiger partial charge in [-0.2, -0.15) is 13.2 Å². The molecule has 0 bridgehead atoms. The maximum Gasteiger partial charge on any atom is 0.416 e. The molecule has 1 aromatic heterocycles. The van der Waals surface area contributed by atoms with E-state index in [0.29, 0.717) is 11.3 Å². The van der Waals surface area contributed by atoms with Crippen molar-refractivity contribution in [3.63, 3.8) is 0 Å². The Labute approximate surface area is 166 Å². The molecule has 3 aromatic rings. The van der Waals surface area contributed by atoms with E-state index in [0.717, 1.165) is 21.2 Å². The summed E-state index contributed by atoms with van der Waals surface area (Å²) in [7, 11) is 0. The smallest absolute Gasteiger partial charge is 0.324 e. The van der Waals surface area contributed by atoms with Gasteiger partial charge in [0.05, 0.1) is 17.6 Å². The molecule has 3 rings (SSSR count). The fourth-order valence-electron chi connectivity index (χ4n) is 2.45. The number of hydrogen-bond acceptors (Lipinski definition) is 3. The van der Waals surface area contributed by atoms with Gasteiger partial charge in [-0.15, -0.1) is 0 Å². The molecule has 0 aliphatic rings. The lowest BCUT2D eigenvalue weighted by Gasteiger charge is -2.09. The third kappa shape index (κ3) is 4.86. The molecule has 0 fully saturated rings. The third-order valence-electron chi connectivity index (χ3n) is 3.81. The van der Waals surface area contributed by atoms with Gasteiger partial charge < -0.3 is 5.32 Å². The van der Waals surface area contributed by atoms with E-state index in [2.05, 4.69) is 26.2 Å². The first kappa shape index (κ1) is 19.8. The molecular formula is C19H13BrF3N3O2. The lowest BCUT2D eigenvalue weighted by Crippen LogP contribution is -2.27. The van der Waals surface area contributed by atoms with E-state index in [-0.39, 0.29) is 12.2 Å². The Hall–Kier alpha value is -2.94. The summed E-state index contributed by atoms with van der Waals surface area (Å²) in [5.74, 6) is -0.413. The van der Waals surface area contributed by atoms with Gasteiger partial charge in [0, 0.05) is 21.8 Å². The van der Waals surface area contributed by atoms with Crippen LogP contribution in [-0.2, 0) is 17.5 Å². The number of rotatable bonds is 4. The van der Waals surface area contributed by atoms with Crippen LogP contribution in [0.25, 0.3) is 11.3 Å². The number of carbonyl (C=O) groups excluding carboxylic acids is 1. The van der Waals surface area contributed by atoms with Gasteiger partial charge in [0.1, 0.15) is 6.54 Å². The molecule has 1 amide bonds. The van der Waals surface area contributed by atoms with Gasteiger partial charge in [0.15, 0.2) is 0 Å². The second kappa shape index (κ2) is 7.97. The van der Waals surface area contributed by atoms with Crippen LogP contribution in [0.15, 0.2) is 70.2 Å². The fourth-order valence-corrected chi connectivity index (χ4v) is 2.85. The normalized spacial score (nSPS) is 11.3. The lowest BCUT2D eigenvalue weighted by atomic mass is 10.1. The minimum atomic E-state index is -4.43. The molecule has 2 aromatic carbocycles. The fraction of sp³-hybridized carbons (Fsp3) is 0.105. The Bertz CT molecular complexity index is 1060. The minimum Gasteiger partial charge on any atom is -0.324 e. The number of aromatic nitrogens is 2. The maximum absolute atomic E-state index is 12.6. The number of nitrogens with zero attached hydrogens (tertiary/aromatic N) is 2. The summed E-state index contributed by atoms with van der Waals surface area (Å²) in [4.78, 5) is 28.4. The van der Waals surface area contributed by atoms with Crippen LogP contribution in [0, 0.1) is 0 Å². The highest BCUT2D eigenvalue weighted by Gasteiger charge is 2.30. The van der Waals surface area contributed by atoms with E-state index in [9.17, 15) is 22.8 Å². The highest BCUT2D eigenvalue weighted by molar-refractivity contribution is 9.10. The van der Waals surface area contributed by atoms with Gasteiger partial charge in [-0.1, -0.05) is 34.1 Å². The van der Waals surface area contributed by atoms with Crippen LogP contribution in [0.5, 0.6) is 0 Å². The minimum absolute atomic E-state index is 0.224. The summed E-state index contributed by atoms with van der Waals surface area (Å²) in [5, 5.41) is 2.66. The predicted molar refractivity (Wildman–Crippen MR) is 102 cm³/mol. The van der Waals surface area contributed by atoms with E-state index in [1.54, 1.807) is 18.2 Å². The van der Waals surface area contributed by atoms with Gasteiger partial charge in [-0.05, 0) is 30.3 Å². The van der Waals surface area contributed by atoms with Crippen molar-refractivity contribution < 1.29 is 18.0 Å². The highest BCUT2D eigenvalue weighted by atomic mass is 79.9. The number of nitrogens with one attached hydrogen (secondary N) is 1. The first-order valence-corrected chi connectivity index (χ1v) is 8.81. The summed E-state index contributed by atoms with van der Waals surface area (Å²) in [6, 6.07) is 12.5. The van der Waals surface area contributed by atoms with Crippen molar-refractivity contribution in [3.05, 3.63) is 81.3 Å². The molecule has 0 atom stereocenters. The lowest BCUT2D eigenvalue weighted by molar-refractivity contribution is -0.137. The number of amides is 1. The predicted octanol–water partition coefficient (Wildman–Crippen LogP) is 4.33. The number of benzene rings is 2. The summed E-state index contributed by atoms with van der Waals surface area (Å²) >= 11 is 3.30. The van der Waals surface area contributed by atoms with Crippen molar-refractivity contribution in [2.75, 3.05) is 5.32 Å². The topological polar surface area (TPSA) is 64.0 Å². The van der Waals surface area contributed by atoms with E-state index >= 15 is 0 Å². The van der Waals surface area contributed by atoms with Gasteiger partial charge in [-0.3, -0.25) is 14.2 Å². The standard InChI is InChI=1S/C19H13BrF3N3O2/c20-14-2-1-3-15(8-14)25-17(27)10-26-11-24-16(9-18(26)28)12-4-6-13(7-5-12)19(21,22)23/h1-9,11H,10H2,(H,25,27). The largest absolute Gasteiger partial charge is 0.416 e. The molecule has 0 aliphatic carbocycles. The van der Waals surface area contributed by atoms with Crippen molar-refractivity contribution in [1.29, 1.82) is 0 Å². The zero-order valence-electron chi connectivity index (χ0n) is 14.2. The zero-order chi connectivity index (χ0) is 20.3. The van der Waals surface area contributed by atoms with Crippen LogP contribution < -0.4 is 10.9 Å². The number of halogens is 4. The van der Waals surface area contributed by atoms with Crippen LogP contribution in [0.3, 0.4) is 0 Å². The molecule has 0 aliphatic heterocycles. The Morgan fingerprint density at radius 1 is 1.11 bits per heavy atom. The molecule has 0 radical (unpaired) electrons. The average molecular weight is 452 g/mol. The Kier molecular flexibility index (Phi) is 5.64. The molecule has 0 unspecified atom stereocenters. The molecule has 28 heavy (non-hydrogen) atoms. The molecule has 0 saturated carbocycles. The van der Waals surface area contributed by atoms with Crippen molar-refractivity contribution in [2.24, 2.45) is 0 Å². The molecule has 0 saturated heterocycles. The second-order valence-corrected chi connectivity index (χ2v) is 6.79. The van der Waals surface area contributed by atoms with Crippen LogP contribution >= 0.6 is 15.9 Å². The summed E-state index contributed by atoms with van der Waals surface area (Å²) < 4.78 is 39.8. The van der Waals surface area contributed by atoms with Gasteiger partial charge in [0.2, 0.25) is 5.91 Å². The Morgan fingerprint density at radius 2 is 1.82 bits per heavy atom. The summed E-state index contributed by atoms with van der Waals surface area (Å²) in [5.41, 5.74) is -0.108. The number of alkyl halides is 3. The Morgan fingerprint density at radius 3 is 2.43 bits per heavy atom. The first-order chi connectivity index (χ1) is 13.2. The maximum atomic E-state index is 12.6. The van der Waals surface area contributed by atoms with Crippen LogP contribution in [-0.4, -0.2) is 15.5 Å². The van der Waals surface area contributed by atoms with Crippen molar-refractivity contribution in [1.82, 2.24) is 9.55 Å². The number of carbonyl (C=O) groups is 1. The molecule has 144 valence electrons. The molecule has 9 heteroatoms. The van der Waals surface area contributed by atoms with E-state index in [4.69, 9.17) is 0 Å². The van der Waals surface area contributed by atoms with Crippen LogP contribution in [0.1, 0.15) is 5.56 Å². The van der Waals surface area contributed by atoms with Gasteiger partial charge in [-0.25, -0.2) is 4.98 Å². The quantitative estimate of drug-likeness (QED) is 0.641. The average Bonchev–Trinajstić information content (AvgIpc) is 2.63. The summed E-state index contributed by atoms with van der Waals surface area (Å²) in [6.07, 6.45) is -3.24. The van der Waals surface area contributed by atoms with E-state index < -0.39 is 23.2 Å². The molecule has 1 N–H and O–H groups in total. The van der Waals surface area contributed by atoms with E-state index in [1.807, 2.05) is 6.07 Å². The molecule has 1 heterocycles. The highest BCUT2D eigenvalue weighted by Crippen LogP contribution is 2.30. The zero-order valence-corrected chi connectivity index (χ0v) is 15.8. The SMILES string of the molecule is O=C(Cn1cnc(-c2ccc(C(F)(F)F)cc2)cc1=O)Nc1cccc(Br)c1. The van der Waals surface area contributed by atoms with Crippen LogP contribution in [0.4, 0.5) is 18.9 Å². The monoisotopic (exact) mass is 451 g/mol. The van der Waals surface area contributed by atoms with E-state index in [1.165, 1.54) is 24.5 Å².